The Morgan fingerprint density at radius 3 is 2.51 bits per heavy atom. The number of nitrogens with one attached hydrogen (secondary N) is 2. The Balaban J connectivity index is 1.31. The van der Waals surface area contributed by atoms with Crippen molar-refractivity contribution >= 4 is 23.6 Å². The number of carbonyl (C=O) groups is 2. The first-order valence-corrected chi connectivity index (χ1v) is 15.0. The molecule has 1 aliphatic heterocycles. The van der Waals surface area contributed by atoms with Gasteiger partial charge in [-0.1, -0.05) is 84.6 Å². The van der Waals surface area contributed by atoms with Crippen LogP contribution in [0.3, 0.4) is 0 Å². The third-order valence-electron chi connectivity index (χ3n) is 7.09. The number of esters is 1. The summed E-state index contributed by atoms with van der Waals surface area (Å²) in [5.74, 6) is -0.184. The molecule has 1 aromatic heterocycles. The van der Waals surface area contributed by atoms with Gasteiger partial charge >= 0.3 is 5.97 Å². The highest BCUT2D eigenvalue weighted by molar-refractivity contribution is 7.99. The standard InChI is InChI=1S/C32H34N4O6S/c1-20(40-21(2)38)30(39)33-16-26-5-3-4-6-28(26)23-11-13-25(14-12-23)31-41-27(18-43-32-34-19-35-36-32)15-29(42-31)24-9-7-22(17-37)8-10-24/h3-14,19-20,27,29,31,37H,15-18H2,1-2H3,(H,33,39)(H,34,35,36)/t20-,27+,29-,31-/m0/s1. The summed E-state index contributed by atoms with van der Waals surface area (Å²) < 4.78 is 17.9. The molecule has 11 heteroatoms. The average Bonchev–Trinajstić information content (AvgIpc) is 3.56. The van der Waals surface area contributed by atoms with Crippen LogP contribution in [0.2, 0.25) is 0 Å². The van der Waals surface area contributed by atoms with Gasteiger partial charge in [-0.2, -0.15) is 5.10 Å². The molecule has 3 aromatic carbocycles. The maximum atomic E-state index is 12.4. The van der Waals surface area contributed by atoms with Crippen molar-refractivity contribution in [2.24, 2.45) is 0 Å². The smallest absolute Gasteiger partial charge is 0.303 e. The lowest BCUT2D eigenvalue weighted by Crippen LogP contribution is -2.35. The number of carbonyl (C=O) groups excluding carboxylic acids is 2. The Morgan fingerprint density at radius 1 is 1.07 bits per heavy atom. The van der Waals surface area contributed by atoms with E-state index in [1.54, 1.807) is 18.7 Å². The third-order valence-corrected chi connectivity index (χ3v) is 8.10. The first kappa shape index (κ1) is 30.4. The number of hydrogen-bond acceptors (Lipinski definition) is 9. The van der Waals surface area contributed by atoms with E-state index >= 15 is 0 Å². The van der Waals surface area contributed by atoms with Crippen molar-refractivity contribution in [3.05, 3.63) is 101 Å². The van der Waals surface area contributed by atoms with E-state index in [2.05, 4.69) is 20.5 Å². The van der Waals surface area contributed by atoms with Crippen LogP contribution in [0.25, 0.3) is 11.1 Å². The van der Waals surface area contributed by atoms with E-state index in [0.29, 0.717) is 18.7 Å². The molecule has 1 amide bonds. The number of aromatic nitrogens is 3. The summed E-state index contributed by atoms with van der Waals surface area (Å²) in [5, 5.41) is 19.8. The van der Waals surface area contributed by atoms with Crippen LogP contribution >= 0.6 is 11.8 Å². The van der Waals surface area contributed by atoms with E-state index in [1.165, 1.54) is 13.3 Å². The largest absolute Gasteiger partial charge is 0.453 e. The van der Waals surface area contributed by atoms with Crippen molar-refractivity contribution in [2.45, 2.75) is 63.2 Å². The summed E-state index contributed by atoms with van der Waals surface area (Å²) in [6.45, 7) is 3.10. The molecule has 2 heterocycles. The third kappa shape index (κ3) is 8.08. The van der Waals surface area contributed by atoms with Crippen molar-refractivity contribution in [3.8, 4) is 11.1 Å². The fraction of sp³-hybridized carbons (Fsp3) is 0.312. The van der Waals surface area contributed by atoms with Crippen molar-refractivity contribution in [2.75, 3.05) is 5.75 Å². The molecule has 1 aliphatic rings. The van der Waals surface area contributed by atoms with E-state index in [4.69, 9.17) is 14.2 Å². The molecule has 10 nitrogen and oxygen atoms in total. The molecular formula is C32H34N4O6S. The molecule has 0 spiro atoms. The Hall–Kier alpha value is -4.03. The van der Waals surface area contributed by atoms with Crippen LogP contribution in [0.15, 0.2) is 84.3 Å². The number of ether oxygens (including phenoxy) is 3. The number of aliphatic hydroxyl groups excluding tert-OH is 1. The zero-order valence-electron chi connectivity index (χ0n) is 23.9. The van der Waals surface area contributed by atoms with Crippen LogP contribution in [0, 0.1) is 0 Å². The Kier molecular flexibility index (Phi) is 10.2. The monoisotopic (exact) mass is 602 g/mol. The number of nitrogens with zero attached hydrogens (tertiary/aromatic N) is 2. The second-order valence-electron chi connectivity index (χ2n) is 10.2. The second-order valence-corrected chi connectivity index (χ2v) is 11.2. The predicted octanol–water partition coefficient (Wildman–Crippen LogP) is 4.87. The van der Waals surface area contributed by atoms with E-state index in [-0.39, 0.29) is 24.7 Å². The lowest BCUT2D eigenvalue weighted by atomic mass is 9.97. The first-order chi connectivity index (χ1) is 20.9. The predicted molar refractivity (Wildman–Crippen MR) is 160 cm³/mol. The maximum Gasteiger partial charge on any atom is 0.303 e. The van der Waals surface area contributed by atoms with E-state index in [9.17, 15) is 14.7 Å². The van der Waals surface area contributed by atoms with Crippen LogP contribution in [-0.4, -0.2) is 50.1 Å². The Morgan fingerprint density at radius 2 is 1.81 bits per heavy atom. The molecular weight excluding hydrogens is 568 g/mol. The molecule has 4 atom stereocenters. The number of amides is 1. The molecule has 0 saturated carbocycles. The summed E-state index contributed by atoms with van der Waals surface area (Å²) in [7, 11) is 0. The number of aromatic amines is 1. The maximum absolute atomic E-state index is 12.4. The Bertz CT molecular complexity index is 1500. The lowest BCUT2D eigenvalue weighted by Gasteiger charge is -2.36. The first-order valence-electron chi connectivity index (χ1n) is 14.0. The molecule has 0 bridgehead atoms. The topological polar surface area (TPSA) is 136 Å². The molecule has 0 unspecified atom stereocenters. The molecule has 5 rings (SSSR count). The summed E-state index contributed by atoms with van der Waals surface area (Å²) in [6.07, 6.45) is 0.416. The zero-order valence-corrected chi connectivity index (χ0v) is 24.8. The fourth-order valence-corrected chi connectivity index (χ4v) is 5.66. The normalized spacial score (nSPS) is 19.0. The summed E-state index contributed by atoms with van der Waals surface area (Å²) in [5.41, 5.74) is 5.64. The number of H-pyrrole nitrogens is 1. The molecule has 1 fully saturated rings. The van der Waals surface area contributed by atoms with Crippen LogP contribution in [-0.2, 0) is 37.0 Å². The van der Waals surface area contributed by atoms with E-state index in [0.717, 1.165) is 38.5 Å². The quantitative estimate of drug-likeness (QED) is 0.162. The molecule has 224 valence electrons. The minimum atomic E-state index is -0.867. The lowest BCUT2D eigenvalue weighted by molar-refractivity contribution is -0.245. The van der Waals surface area contributed by atoms with Crippen molar-refractivity contribution in [1.29, 1.82) is 0 Å². The minimum Gasteiger partial charge on any atom is -0.453 e. The van der Waals surface area contributed by atoms with Gasteiger partial charge in [0.1, 0.15) is 6.33 Å². The SMILES string of the molecule is CC(=O)O[C@@H](C)C(=O)NCc1ccccc1-c1ccc([C@H]2O[C@@H](CSc3ncn[nH]3)C[C@@H](c3ccc(CO)cc3)O2)cc1. The van der Waals surface area contributed by atoms with E-state index < -0.39 is 18.4 Å². The zero-order chi connectivity index (χ0) is 30.2. The minimum absolute atomic E-state index is 0.0107. The van der Waals surface area contributed by atoms with Crippen molar-refractivity contribution < 1.29 is 28.9 Å². The number of hydrogen-bond donors (Lipinski definition) is 3. The number of rotatable bonds is 11. The van der Waals surface area contributed by atoms with Gasteiger partial charge in [-0.15, -0.1) is 0 Å². The number of benzene rings is 3. The van der Waals surface area contributed by atoms with Gasteiger partial charge in [0.25, 0.3) is 5.91 Å². The molecule has 3 N–H and O–H groups in total. The molecule has 43 heavy (non-hydrogen) atoms. The molecule has 4 aromatic rings. The summed E-state index contributed by atoms with van der Waals surface area (Å²) in [4.78, 5) is 27.8. The molecule has 0 radical (unpaired) electrons. The van der Waals surface area contributed by atoms with Gasteiger partial charge in [-0.25, -0.2) is 4.98 Å². The van der Waals surface area contributed by atoms with Crippen LogP contribution in [0.1, 0.15) is 54.9 Å². The van der Waals surface area contributed by atoms with Gasteiger partial charge in [-0.3, -0.25) is 14.7 Å². The molecule has 0 aliphatic carbocycles. The average molecular weight is 603 g/mol. The highest BCUT2D eigenvalue weighted by atomic mass is 32.2. The summed E-state index contributed by atoms with van der Waals surface area (Å²) in [6, 6.07) is 23.7. The fourth-order valence-electron chi connectivity index (χ4n) is 4.86. The van der Waals surface area contributed by atoms with Gasteiger partial charge in [0.2, 0.25) is 0 Å². The van der Waals surface area contributed by atoms with Crippen LogP contribution in [0.5, 0.6) is 0 Å². The van der Waals surface area contributed by atoms with E-state index in [1.807, 2.05) is 72.8 Å². The number of thioether (sulfide) groups is 1. The van der Waals surface area contributed by atoms with Crippen molar-refractivity contribution in [3.63, 3.8) is 0 Å². The Labute approximate surface area is 254 Å². The second kappa shape index (κ2) is 14.4. The van der Waals surface area contributed by atoms with Gasteiger partial charge < -0.3 is 24.6 Å². The van der Waals surface area contributed by atoms with Gasteiger partial charge in [-0.05, 0) is 34.7 Å². The van der Waals surface area contributed by atoms with Gasteiger partial charge in [0.05, 0.1) is 18.8 Å². The highest BCUT2D eigenvalue weighted by Gasteiger charge is 2.32. The summed E-state index contributed by atoms with van der Waals surface area (Å²) >= 11 is 1.55. The molecule has 1 saturated heterocycles. The van der Waals surface area contributed by atoms with Crippen molar-refractivity contribution in [1.82, 2.24) is 20.5 Å². The van der Waals surface area contributed by atoms with Gasteiger partial charge in [0.15, 0.2) is 17.6 Å². The van der Waals surface area contributed by atoms with Gasteiger partial charge in [0, 0.05) is 31.2 Å². The number of aliphatic hydroxyl groups is 1. The van der Waals surface area contributed by atoms with Crippen LogP contribution < -0.4 is 5.32 Å². The van der Waals surface area contributed by atoms with Crippen LogP contribution in [0.4, 0.5) is 0 Å². The highest BCUT2D eigenvalue weighted by Crippen LogP contribution is 2.39.